The zero-order valence-electron chi connectivity index (χ0n) is 10.4. The molecule has 17 heavy (non-hydrogen) atoms. The van der Waals surface area contributed by atoms with Crippen LogP contribution in [0.3, 0.4) is 0 Å². The van der Waals surface area contributed by atoms with Crippen LogP contribution in [0, 0.1) is 0 Å². The van der Waals surface area contributed by atoms with Gasteiger partial charge in [0.2, 0.25) is 0 Å². The molecule has 0 aliphatic carbocycles. The highest BCUT2D eigenvalue weighted by atomic mass is 16.5. The van der Waals surface area contributed by atoms with E-state index in [-0.39, 0.29) is 0 Å². The average molecular weight is 235 g/mol. The summed E-state index contributed by atoms with van der Waals surface area (Å²) in [5.41, 5.74) is 2.50. The molecule has 1 aromatic carbocycles. The number of nitrogens with zero attached hydrogens (tertiary/aromatic N) is 1. The molecule has 2 rings (SSSR count). The predicted octanol–water partition coefficient (Wildman–Crippen LogP) is 1.15. The third-order valence-corrected chi connectivity index (χ3v) is 2.98. The van der Waals surface area contributed by atoms with Gasteiger partial charge in [-0.3, -0.25) is 0 Å². The largest absolute Gasteiger partial charge is 0.383 e. The Bertz CT molecular complexity index is 337. The summed E-state index contributed by atoms with van der Waals surface area (Å²) in [6.45, 7) is 5.85. The summed E-state index contributed by atoms with van der Waals surface area (Å²) in [7, 11) is 1.73. The molecule has 4 heteroatoms. The summed E-state index contributed by atoms with van der Waals surface area (Å²) in [6.07, 6.45) is 0. The topological polar surface area (TPSA) is 36.5 Å². The lowest BCUT2D eigenvalue weighted by atomic mass is 10.2. The van der Waals surface area contributed by atoms with Crippen molar-refractivity contribution in [1.82, 2.24) is 5.32 Å². The number of hydrogen-bond donors (Lipinski definition) is 2. The highest BCUT2D eigenvalue weighted by Crippen LogP contribution is 2.25. The van der Waals surface area contributed by atoms with Gasteiger partial charge in [-0.2, -0.15) is 0 Å². The maximum Gasteiger partial charge on any atom is 0.0635 e. The van der Waals surface area contributed by atoms with E-state index in [0.717, 1.165) is 39.3 Å². The second kappa shape index (κ2) is 6.47. The summed E-state index contributed by atoms with van der Waals surface area (Å²) in [4.78, 5) is 2.42. The number of methoxy groups -OCH3 is 1. The van der Waals surface area contributed by atoms with Crippen molar-refractivity contribution in [2.24, 2.45) is 0 Å². The van der Waals surface area contributed by atoms with Gasteiger partial charge in [-0.1, -0.05) is 12.1 Å². The van der Waals surface area contributed by atoms with Crippen LogP contribution in [0.2, 0.25) is 0 Å². The van der Waals surface area contributed by atoms with Crippen LogP contribution in [-0.4, -0.2) is 46.4 Å². The van der Waals surface area contributed by atoms with E-state index >= 15 is 0 Å². The van der Waals surface area contributed by atoms with E-state index in [2.05, 4.69) is 39.8 Å². The lowest BCUT2D eigenvalue weighted by Crippen LogP contribution is -2.43. The van der Waals surface area contributed by atoms with Crippen LogP contribution in [0.1, 0.15) is 0 Å². The first kappa shape index (κ1) is 12.2. The molecular formula is C13H21N3O. The lowest BCUT2D eigenvalue weighted by Gasteiger charge is -2.31. The minimum Gasteiger partial charge on any atom is -0.383 e. The molecule has 1 heterocycles. The van der Waals surface area contributed by atoms with Gasteiger partial charge in [-0.25, -0.2) is 0 Å². The lowest BCUT2D eigenvalue weighted by molar-refractivity contribution is 0.211. The number of benzene rings is 1. The van der Waals surface area contributed by atoms with Gasteiger partial charge < -0.3 is 20.3 Å². The van der Waals surface area contributed by atoms with E-state index in [1.165, 1.54) is 11.4 Å². The van der Waals surface area contributed by atoms with Gasteiger partial charge in [0.15, 0.2) is 0 Å². The number of piperazine rings is 1. The normalized spacial score (nSPS) is 15.9. The quantitative estimate of drug-likeness (QED) is 0.751. The molecule has 0 saturated carbocycles. The van der Waals surface area contributed by atoms with Crippen molar-refractivity contribution >= 4 is 11.4 Å². The van der Waals surface area contributed by atoms with Crippen molar-refractivity contribution < 1.29 is 4.74 Å². The number of hydrogen-bond acceptors (Lipinski definition) is 4. The van der Waals surface area contributed by atoms with E-state index in [4.69, 9.17) is 4.74 Å². The van der Waals surface area contributed by atoms with Gasteiger partial charge in [0, 0.05) is 39.8 Å². The molecule has 0 spiro atoms. The smallest absolute Gasteiger partial charge is 0.0635 e. The first-order valence-corrected chi connectivity index (χ1v) is 6.19. The van der Waals surface area contributed by atoms with Crippen LogP contribution in [0.5, 0.6) is 0 Å². The van der Waals surface area contributed by atoms with Gasteiger partial charge in [0.1, 0.15) is 0 Å². The van der Waals surface area contributed by atoms with E-state index in [9.17, 15) is 0 Å². The minimum absolute atomic E-state index is 0.732. The second-order valence-electron chi connectivity index (χ2n) is 4.17. The van der Waals surface area contributed by atoms with Crippen LogP contribution < -0.4 is 15.5 Å². The second-order valence-corrected chi connectivity index (χ2v) is 4.17. The Labute approximate surface area is 103 Å². The fourth-order valence-electron chi connectivity index (χ4n) is 2.09. The maximum atomic E-state index is 5.06. The number of anilines is 2. The van der Waals surface area contributed by atoms with Crippen molar-refractivity contribution in [2.75, 3.05) is 56.7 Å². The van der Waals surface area contributed by atoms with Crippen molar-refractivity contribution in [3.8, 4) is 0 Å². The van der Waals surface area contributed by atoms with E-state index in [1.54, 1.807) is 7.11 Å². The zero-order chi connectivity index (χ0) is 11.9. The summed E-state index contributed by atoms with van der Waals surface area (Å²) in [6, 6.07) is 8.48. The van der Waals surface area contributed by atoms with Crippen molar-refractivity contribution in [1.29, 1.82) is 0 Å². The number of nitrogens with one attached hydrogen (secondary N) is 2. The Morgan fingerprint density at radius 3 is 2.82 bits per heavy atom. The molecule has 1 aliphatic rings. The standard InChI is InChI=1S/C13H21N3O/c1-17-11-8-15-12-4-2-3-5-13(12)16-9-6-14-7-10-16/h2-5,14-15H,6-11H2,1H3. The van der Waals surface area contributed by atoms with Crippen LogP contribution >= 0.6 is 0 Å². The fraction of sp³-hybridized carbons (Fsp3) is 0.538. The van der Waals surface area contributed by atoms with E-state index < -0.39 is 0 Å². The molecule has 4 nitrogen and oxygen atoms in total. The molecule has 1 aliphatic heterocycles. The van der Waals surface area contributed by atoms with Gasteiger partial charge in [0.05, 0.1) is 18.0 Å². The summed E-state index contributed by atoms with van der Waals surface area (Å²) in [5, 5.41) is 6.80. The molecule has 2 N–H and O–H groups in total. The molecule has 94 valence electrons. The minimum atomic E-state index is 0.732. The van der Waals surface area contributed by atoms with Gasteiger partial charge in [0.25, 0.3) is 0 Å². The Kier molecular flexibility index (Phi) is 4.64. The Hall–Kier alpha value is -1.26. The molecule has 0 amide bonds. The van der Waals surface area contributed by atoms with Gasteiger partial charge in [-0.05, 0) is 12.1 Å². The number of para-hydroxylation sites is 2. The van der Waals surface area contributed by atoms with E-state index in [0.29, 0.717) is 0 Å². The summed E-state index contributed by atoms with van der Waals surface area (Å²) in [5.74, 6) is 0. The van der Waals surface area contributed by atoms with Crippen molar-refractivity contribution in [3.63, 3.8) is 0 Å². The first-order valence-electron chi connectivity index (χ1n) is 6.19. The molecule has 0 unspecified atom stereocenters. The zero-order valence-corrected chi connectivity index (χ0v) is 10.4. The Morgan fingerprint density at radius 1 is 1.29 bits per heavy atom. The molecule has 1 saturated heterocycles. The van der Waals surface area contributed by atoms with Crippen LogP contribution in [-0.2, 0) is 4.74 Å². The van der Waals surface area contributed by atoms with Gasteiger partial charge in [-0.15, -0.1) is 0 Å². The van der Waals surface area contributed by atoms with Gasteiger partial charge >= 0.3 is 0 Å². The molecule has 0 bridgehead atoms. The van der Waals surface area contributed by atoms with Crippen LogP contribution in [0.15, 0.2) is 24.3 Å². The van der Waals surface area contributed by atoms with E-state index in [1.807, 2.05) is 0 Å². The van der Waals surface area contributed by atoms with Crippen molar-refractivity contribution in [3.05, 3.63) is 24.3 Å². The summed E-state index contributed by atoms with van der Waals surface area (Å²) >= 11 is 0. The molecule has 0 radical (unpaired) electrons. The predicted molar refractivity (Wildman–Crippen MR) is 71.9 cm³/mol. The number of ether oxygens (including phenoxy) is 1. The highest BCUT2D eigenvalue weighted by molar-refractivity contribution is 5.70. The molecule has 1 aromatic rings. The fourth-order valence-corrected chi connectivity index (χ4v) is 2.09. The Morgan fingerprint density at radius 2 is 2.06 bits per heavy atom. The maximum absolute atomic E-state index is 5.06. The monoisotopic (exact) mass is 235 g/mol. The first-order chi connectivity index (χ1) is 8.42. The van der Waals surface area contributed by atoms with Crippen LogP contribution in [0.4, 0.5) is 11.4 Å². The number of rotatable bonds is 5. The molecular weight excluding hydrogens is 214 g/mol. The Balaban J connectivity index is 2.03. The molecule has 0 atom stereocenters. The highest BCUT2D eigenvalue weighted by Gasteiger charge is 2.13. The molecule has 1 fully saturated rings. The summed E-state index contributed by atoms with van der Waals surface area (Å²) < 4.78 is 5.06. The average Bonchev–Trinajstić information content (AvgIpc) is 2.41. The molecule has 0 aromatic heterocycles. The third kappa shape index (κ3) is 3.35. The SMILES string of the molecule is COCCNc1ccccc1N1CCNCC1. The third-order valence-electron chi connectivity index (χ3n) is 2.98. The van der Waals surface area contributed by atoms with Crippen LogP contribution in [0.25, 0.3) is 0 Å². The van der Waals surface area contributed by atoms with Crippen molar-refractivity contribution in [2.45, 2.75) is 0 Å².